The third-order valence-electron chi connectivity index (χ3n) is 3.26. The maximum Gasteiger partial charge on any atom is 0.0473 e. The minimum Gasteiger partial charge on any atom is -0.271 e. The summed E-state index contributed by atoms with van der Waals surface area (Å²) in [4.78, 5) is 0. The average Bonchev–Trinajstić information content (AvgIpc) is 2.32. The smallest absolute Gasteiger partial charge is 0.0473 e. The van der Waals surface area contributed by atoms with Crippen LogP contribution in [0.5, 0.6) is 0 Å². The van der Waals surface area contributed by atoms with E-state index in [1.807, 2.05) is 18.2 Å². The summed E-state index contributed by atoms with van der Waals surface area (Å²) in [5, 5.41) is 0.735. The van der Waals surface area contributed by atoms with E-state index in [-0.39, 0.29) is 6.04 Å². The number of benzene rings is 1. The summed E-state index contributed by atoms with van der Waals surface area (Å²) in [6.45, 7) is 4.44. The van der Waals surface area contributed by atoms with Gasteiger partial charge in [0.1, 0.15) is 0 Å². The number of hydrogen-bond donors (Lipinski definition) is 2. The Labute approximate surface area is 117 Å². The van der Waals surface area contributed by atoms with Gasteiger partial charge in [-0.1, -0.05) is 60.3 Å². The zero-order valence-corrected chi connectivity index (χ0v) is 12.7. The Kier molecular flexibility index (Phi) is 6.49. The molecule has 3 N–H and O–H groups in total. The highest BCUT2D eigenvalue weighted by Crippen LogP contribution is 2.31. The molecule has 0 saturated carbocycles. The van der Waals surface area contributed by atoms with Gasteiger partial charge in [0.15, 0.2) is 0 Å². The van der Waals surface area contributed by atoms with Gasteiger partial charge in [-0.05, 0) is 30.0 Å². The Morgan fingerprint density at radius 2 is 2.00 bits per heavy atom. The van der Waals surface area contributed by atoms with Gasteiger partial charge in [-0.3, -0.25) is 11.3 Å². The van der Waals surface area contributed by atoms with Gasteiger partial charge >= 0.3 is 0 Å². The molecule has 1 atom stereocenters. The largest absolute Gasteiger partial charge is 0.271 e. The number of halogens is 2. The Morgan fingerprint density at radius 3 is 2.47 bits per heavy atom. The first kappa shape index (κ1) is 15.0. The molecular formula is C13H20BrClN2. The van der Waals surface area contributed by atoms with Gasteiger partial charge < -0.3 is 0 Å². The summed E-state index contributed by atoms with van der Waals surface area (Å²) < 4.78 is 1.01. The van der Waals surface area contributed by atoms with Crippen LogP contribution in [0.4, 0.5) is 0 Å². The van der Waals surface area contributed by atoms with Crippen LogP contribution < -0.4 is 11.3 Å². The first-order chi connectivity index (χ1) is 8.12. The van der Waals surface area contributed by atoms with E-state index < -0.39 is 0 Å². The van der Waals surface area contributed by atoms with Gasteiger partial charge in [-0.2, -0.15) is 0 Å². The van der Waals surface area contributed by atoms with Crippen molar-refractivity contribution < 1.29 is 0 Å². The van der Waals surface area contributed by atoms with E-state index in [4.69, 9.17) is 17.4 Å². The molecule has 1 aromatic rings. The fourth-order valence-corrected chi connectivity index (χ4v) is 2.98. The fraction of sp³-hybridized carbons (Fsp3) is 0.538. The Bertz CT molecular complexity index is 353. The van der Waals surface area contributed by atoms with Gasteiger partial charge in [0.2, 0.25) is 0 Å². The lowest BCUT2D eigenvalue weighted by Crippen LogP contribution is -2.29. The Balaban J connectivity index is 2.85. The number of hydrazine groups is 1. The SMILES string of the molecule is CCC(CC)CC(NN)c1ccc(Cl)cc1Br. The molecule has 1 rings (SSSR count). The van der Waals surface area contributed by atoms with Gasteiger partial charge in [-0.15, -0.1) is 0 Å². The first-order valence-electron chi connectivity index (χ1n) is 6.03. The third-order valence-corrected chi connectivity index (χ3v) is 4.18. The summed E-state index contributed by atoms with van der Waals surface area (Å²) in [5.41, 5.74) is 4.07. The van der Waals surface area contributed by atoms with Gasteiger partial charge in [-0.25, -0.2) is 0 Å². The molecule has 2 nitrogen and oxygen atoms in total. The molecular weight excluding hydrogens is 300 g/mol. The monoisotopic (exact) mass is 318 g/mol. The fourth-order valence-electron chi connectivity index (χ4n) is 2.02. The molecule has 0 bridgehead atoms. The standard InChI is InChI=1S/C13H20BrClN2/c1-3-9(4-2)7-13(17-16)11-6-5-10(15)8-12(11)14/h5-6,8-9,13,17H,3-4,7,16H2,1-2H3. The zero-order valence-electron chi connectivity index (χ0n) is 10.3. The molecule has 0 amide bonds. The van der Waals surface area contributed by atoms with E-state index in [9.17, 15) is 0 Å². The lowest BCUT2D eigenvalue weighted by Gasteiger charge is -2.22. The number of nitrogens with one attached hydrogen (secondary N) is 1. The van der Waals surface area contributed by atoms with E-state index in [1.165, 1.54) is 18.4 Å². The second-order valence-electron chi connectivity index (χ2n) is 4.30. The van der Waals surface area contributed by atoms with Crippen LogP contribution in [-0.4, -0.2) is 0 Å². The van der Waals surface area contributed by atoms with Crippen molar-refractivity contribution in [1.29, 1.82) is 0 Å². The van der Waals surface area contributed by atoms with Crippen LogP contribution in [-0.2, 0) is 0 Å². The van der Waals surface area contributed by atoms with E-state index in [0.29, 0.717) is 5.92 Å². The van der Waals surface area contributed by atoms with Crippen molar-refractivity contribution >= 4 is 27.5 Å². The molecule has 0 heterocycles. The van der Waals surface area contributed by atoms with Crippen molar-refractivity contribution in [3.63, 3.8) is 0 Å². The Hall–Kier alpha value is -0.0900. The van der Waals surface area contributed by atoms with Crippen LogP contribution in [0.2, 0.25) is 5.02 Å². The van der Waals surface area contributed by atoms with E-state index in [1.54, 1.807) is 0 Å². The predicted molar refractivity (Wildman–Crippen MR) is 77.9 cm³/mol. The second kappa shape index (κ2) is 7.37. The average molecular weight is 320 g/mol. The van der Waals surface area contributed by atoms with E-state index >= 15 is 0 Å². The molecule has 17 heavy (non-hydrogen) atoms. The van der Waals surface area contributed by atoms with Crippen LogP contribution in [0.3, 0.4) is 0 Å². The molecule has 0 aromatic heterocycles. The molecule has 1 unspecified atom stereocenters. The molecule has 96 valence electrons. The summed E-state index contributed by atoms with van der Waals surface area (Å²) >= 11 is 9.49. The lowest BCUT2D eigenvalue weighted by molar-refractivity contribution is 0.374. The predicted octanol–water partition coefficient (Wildman–Crippen LogP) is 4.43. The summed E-state index contributed by atoms with van der Waals surface area (Å²) in [6.07, 6.45) is 3.41. The molecule has 0 radical (unpaired) electrons. The summed E-state index contributed by atoms with van der Waals surface area (Å²) in [7, 11) is 0. The lowest BCUT2D eigenvalue weighted by atomic mass is 9.91. The van der Waals surface area contributed by atoms with Crippen molar-refractivity contribution in [2.24, 2.45) is 11.8 Å². The molecule has 1 aromatic carbocycles. The molecule has 0 aliphatic rings. The third kappa shape index (κ3) is 4.25. The molecule has 0 aliphatic carbocycles. The van der Waals surface area contributed by atoms with Gasteiger partial charge in [0, 0.05) is 15.5 Å². The van der Waals surface area contributed by atoms with E-state index in [2.05, 4.69) is 35.2 Å². The highest BCUT2D eigenvalue weighted by Gasteiger charge is 2.17. The molecule has 0 spiro atoms. The van der Waals surface area contributed by atoms with Crippen LogP contribution in [0.1, 0.15) is 44.7 Å². The normalized spacial score (nSPS) is 13.1. The second-order valence-corrected chi connectivity index (χ2v) is 5.59. The first-order valence-corrected chi connectivity index (χ1v) is 7.20. The highest BCUT2D eigenvalue weighted by atomic mass is 79.9. The van der Waals surface area contributed by atoms with Gasteiger partial charge in [0.05, 0.1) is 0 Å². The molecule has 0 fully saturated rings. The molecule has 0 saturated heterocycles. The zero-order chi connectivity index (χ0) is 12.8. The minimum absolute atomic E-state index is 0.173. The molecule has 0 aliphatic heterocycles. The van der Waals surface area contributed by atoms with Crippen molar-refractivity contribution in [3.8, 4) is 0 Å². The topological polar surface area (TPSA) is 38.0 Å². The van der Waals surface area contributed by atoms with E-state index in [0.717, 1.165) is 15.9 Å². The van der Waals surface area contributed by atoms with Crippen LogP contribution >= 0.6 is 27.5 Å². The number of hydrogen-bond acceptors (Lipinski definition) is 2. The van der Waals surface area contributed by atoms with Crippen molar-refractivity contribution in [1.82, 2.24) is 5.43 Å². The highest BCUT2D eigenvalue weighted by molar-refractivity contribution is 9.10. The summed E-state index contributed by atoms with van der Waals surface area (Å²) in [5.74, 6) is 6.36. The van der Waals surface area contributed by atoms with Crippen LogP contribution in [0.15, 0.2) is 22.7 Å². The van der Waals surface area contributed by atoms with Gasteiger partial charge in [0.25, 0.3) is 0 Å². The van der Waals surface area contributed by atoms with Crippen molar-refractivity contribution in [3.05, 3.63) is 33.3 Å². The minimum atomic E-state index is 0.173. The quantitative estimate of drug-likeness (QED) is 0.601. The Morgan fingerprint density at radius 1 is 1.35 bits per heavy atom. The number of rotatable bonds is 6. The maximum atomic E-state index is 5.94. The summed E-state index contributed by atoms with van der Waals surface area (Å²) in [6, 6.07) is 6.01. The maximum absolute atomic E-state index is 5.94. The molecule has 4 heteroatoms. The van der Waals surface area contributed by atoms with Crippen molar-refractivity contribution in [2.45, 2.75) is 39.2 Å². The number of nitrogens with two attached hydrogens (primary N) is 1. The van der Waals surface area contributed by atoms with Crippen LogP contribution in [0.25, 0.3) is 0 Å². The van der Waals surface area contributed by atoms with Crippen molar-refractivity contribution in [2.75, 3.05) is 0 Å². The van der Waals surface area contributed by atoms with Crippen LogP contribution in [0, 0.1) is 5.92 Å².